The average Bonchev–Trinajstić information content (AvgIpc) is 2.66. The molecular weight excluding hydrogens is 138 g/mol. The van der Waals surface area contributed by atoms with Crippen LogP contribution in [0, 0.1) is 5.92 Å². The summed E-state index contributed by atoms with van der Waals surface area (Å²) < 4.78 is 24.7. The van der Waals surface area contributed by atoms with E-state index >= 15 is 0 Å². The Labute approximate surface area is 58.0 Å². The molecule has 0 spiro atoms. The van der Waals surface area contributed by atoms with Crippen molar-refractivity contribution in [2.45, 2.75) is 24.6 Å². The Bertz CT molecular complexity index is 160. The van der Waals surface area contributed by atoms with Gasteiger partial charge in [0, 0.05) is 18.4 Å². The number of hydrogen-bond donors (Lipinski definition) is 2. The van der Waals surface area contributed by atoms with Gasteiger partial charge in [0.2, 0.25) is 0 Å². The smallest absolute Gasteiger partial charge is 0.253 e. The van der Waals surface area contributed by atoms with Crippen molar-refractivity contribution >= 4 is 0 Å². The SMILES string of the molecule is CNC1NC1C1CC1(F)F. The summed E-state index contributed by atoms with van der Waals surface area (Å²) in [7, 11) is 1.78. The van der Waals surface area contributed by atoms with Gasteiger partial charge in [0.05, 0.1) is 6.17 Å². The van der Waals surface area contributed by atoms with Crippen LogP contribution in [0.5, 0.6) is 0 Å². The Morgan fingerprint density at radius 3 is 2.50 bits per heavy atom. The normalized spacial score (nSPS) is 48.9. The van der Waals surface area contributed by atoms with E-state index in [2.05, 4.69) is 10.6 Å². The predicted octanol–water partition coefficient (Wildman–Crippen LogP) is 0.159. The number of hydrogen-bond acceptors (Lipinski definition) is 2. The molecule has 2 nitrogen and oxygen atoms in total. The summed E-state index contributed by atoms with van der Waals surface area (Å²) in [5.74, 6) is -2.77. The van der Waals surface area contributed by atoms with Crippen LogP contribution in [0.4, 0.5) is 8.78 Å². The van der Waals surface area contributed by atoms with Gasteiger partial charge in [-0.2, -0.15) is 0 Å². The van der Waals surface area contributed by atoms with Gasteiger partial charge in [0.15, 0.2) is 0 Å². The minimum absolute atomic E-state index is 0.0278. The zero-order chi connectivity index (χ0) is 7.35. The molecule has 2 rings (SSSR count). The van der Waals surface area contributed by atoms with Gasteiger partial charge < -0.3 is 5.32 Å². The van der Waals surface area contributed by atoms with E-state index in [4.69, 9.17) is 0 Å². The van der Waals surface area contributed by atoms with Crippen LogP contribution in [0.15, 0.2) is 0 Å². The lowest BCUT2D eigenvalue weighted by atomic mass is 10.3. The van der Waals surface area contributed by atoms with Gasteiger partial charge in [-0.3, -0.25) is 5.32 Å². The molecule has 0 bridgehead atoms. The van der Waals surface area contributed by atoms with Crippen LogP contribution in [-0.2, 0) is 0 Å². The Kier molecular flexibility index (Phi) is 1.09. The maximum absolute atomic E-state index is 12.3. The first-order valence-corrected chi connectivity index (χ1v) is 3.46. The third kappa shape index (κ3) is 0.828. The van der Waals surface area contributed by atoms with Crippen LogP contribution < -0.4 is 10.6 Å². The molecule has 1 aliphatic heterocycles. The highest BCUT2D eigenvalue weighted by Crippen LogP contribution is 2.53. The molecule has 0 aromatic heterocycles. The summed E-state index contributed by atoms with van der Waals surface area (Å²) in [6.07, 6.45) is 0.210. The lowest BCUT2D eigenvalue weighted by molar-refractivity contribution is 0.0980. The molecule has 1 saturated heterocycles. The molecule has 58 valence electrons. The van der Waals surface area contributed by atoms with Crippen LogP contribution in [0.2, 0.25) is 0 Å². The standard InChI is InChI=1S/C6H10F2N2/c1-9-5-4(10-5)3-2-6(3,7)8/h3-5,9-10H,2H2,1H3. The summed E-state index contributed by atoms with van der Waals surface area (Å²) in [4.78, 5) is 0. The van der Waals surface area contributed by atoms with Crippen molar-refractivity contribution in [3.63, 3.8) is 0 Å². The fourth-order valence-electron chi connectivity index (χ4n) is 1.39. The predicted molar refractivity (Wildman–Crippen MR) is 32.8 cm³/mol. The molecule has 1 saturated carbocycles. The highest BCUT2D eigenvalue weighted by atomic mass is 19.3. The lowest BCUT2D eigenvalue weighted by Crippen LogP contribution is -2.16. The molecule has 0 radical (unpaired) electrons. The molecule has 3 unspecified atom stereocenters. The quantitative estimate of drug-likeness (QED) is 0.547. The van der Waals surface area contributed by atoms with E-state index in [9.17, 15) is 8.78 Å². The lowest BCUT2D eigenvalue weighted by Gasteiger charge is -1.92. The largest absolute Gasteiger partial charge is 0.304 e. The Hall–Kier alpha value is -0.220. The number of rotatable bonds is 2. The van der Waals surface area contributed by atoms with E-state index < -0.39 is 11.8 Å². The van der Waals surface area contributed by atoms with E-state index in [1.807, 2.05) is 0 Å². The van der Waals surface area contributed by atoms with E-state index in [0.717, 1.165) is 0 Å². The van der Waals surface area contributed by atoms with Gasteiger partial charge in [-0.05, 0) is 7.05 Å². The molecule has 2 N–H and O–H groups in total. The first-order chi connectivity index (χ1) is 4.65. The fraction of sp³-hybridized carbons (Fsp3) is 1.00. The molecule has 0 aromatic carbocycles. The van der Waals surface area contributed by atoms with Crippen molar-refractivity contribution in [1.29, 1.82) is 0 Å². The van der Waals surface area contributed by atoms with E-state index in [1.165, 1.54) is 0 Å². The van der Waals surface area contributed by atoms with Crippen molar-refractivity contribution < 1.29 is 8.78 Å². The molecule has 4 heteroatoms. The molecular formula is C6H10F2N2. The highest BCUT2D eigenvalue weighted by Gasteiger charge is 2.65. The Balaban J connectivity index is 1.85. The topological polar surface area (TPSA) is 34.0 Å². The van der Waals surface area contributed by atoms with E-state index in [-0.39, 0.29) is 18.6 Å². The summed E-state index contributed by atoms with van der Waals surface area (Å²) in [6, 6.07) is 0.0278. The fourth-order valence-corrected chi connectivity index (χ4v) is 1.39. The third-order valence-electron chi connectivity index (χ3n) is 2.24. The van der Waals surface area contributed by atoms with E-state index in [0.29, 0.717) is 0 Å². The maximum Gasteiger partial charge on any atom is 0.253 e. The number of likely N-dealkylation sites (N-methyl/N-ethyl adjacent to an activating group) is 1. The molecule has 0 aromatic rings. The Morgan fingerprint density at radius 2 is 2.20 bits per heavy atom. The highest BCUT2D eigenvalue weighted by molar-refractivity contribution is 5.12. The van der Waals surface area contributed by atoms with Crippen LogP contribution >= 0.6 is 0 Å². The van der Waals surface area contributed by atoms with Crippen molar-refractivity contribution in [3.05, 3.63) is 0 Å². The first-order valence-electron chi connectivity index (χ1n) is 3.46. The van der Waals surface area contributed by atoms with Gasteiger partial charge in [0.1, 0.15) is 0 Å². The van der Waals surface area contributed by atoms with E-state index in [1.54, 1.807) is 7.05 Å². The van der Waals surface area contributed by atoms with Gasteiger partial charge in [-0.25, -0.2) is 8.78 Å². The average molecular weight is 148 g/mol. The summed E-state index contributed by atoms with van der Waals surface area (Å²) >= 11 is 0. The number of nitrogens with one attached hydrogen (secondary N) is 2. The second kappa shape index (κ2) is 1.68. The number of halogens is 2. The summed E-state index contributed by atoms with van der Waals surface area (Å²) in [5, 5.41) is 5.85. The zero-order valence-electron chi connectivity index (χ0n) is 5.70. The molecule has 1 heterocycles. The van der Waals surface area contributed by atoms with Crippen molar-refractivity contribution in [2.24, 2.45) is 5.92 Å². The summed E-state index contributed by atoms with van der Waals surface area (Å²) in [5.41, 5.74) is 0. The van der Waals surface area contributed by atoms with Crippen molar-refractivity contribution in [3.8, 4) is 0 Å². The second-order valence-electron chi connectivity index (χ2n) is 3.03. The minimum atomic E-state index is -2.37. The third-order valence-corrected chi connectivity index (χ3v) is 2.24. The minimum Gasteiger partial charge on any atom is -0.304 e. The molecule has 3 atom stereocenters. The van der Waals surface area contributed by atoms with Gasteiger partial charge in [-0.1, -0.05) is 0 Å². The zero-order valence-corrected chi connectivity index (χ0v) is 5.70. The van der Waals surface area contributed by atoms with Crippen molar-refractivity contribution in [2.75, 3.05) is 7.05 Å². The first kappa shape index (κ1) is 6.49. The summed E-state index contributed by atoms with van der Waals surface area (Å²) in [6.45, 7) is 0. The Morgan fingerprint density at radius 1 is 1.60 bits per heavy atom. The number of alkyl halides is 2. The van der Waals surface area contributed by atoms with Crippen LogP contribution in [-0.4, -0.2) is 25.2 Å². The van der Waals surface area contributed by atoms with Crippen LogP contribution in [0.3, 0.4) is 0 Å². The molecule has 1 aliphatic carbocycles. The van der Waals surface area contributed by atoms with Crippen LogP contribution in [0.1, 0.15) is 6.42 Å². The van der Waals surface area contributed by atoms with Crippen molar-refractivity contribution in [1.82, 2.24) is 10.6 Å². The van der Waals surface area contributed by atoms with Gasteiger partial charge in [0.25, 0.3) is 5.92 Å². The molecule has 2 fully saturated rings. The van der Waals surface area contributed by atoms with Gasteiger partial charge >= 0.3 is 0 Å². The molecule has 2 aliphatic rings. The molecule has 10 heavy (non-hydrogen) atoms. The monoisotopic (exact) mass is 148 g/mol. The molecule has 0 amide bonds. The second-order valence-corrected chi connectivity index (χ2v) is 3.03. The maximum atomic E-state index is 12.3. The van der Waals surface area contributed by atoms with Gasteiger partial charge in [-0.15, -0.1) is 0 Å². The van der Waals surface area contributed by atoms with Crippen LogP contribution in [0.25, 0.3) is 0 Å².